The van der Waals surface area contributed by atoms with E-state index in [4.69, 9.17) is 5.11 Å². The SMILES string of the molecule is O=c1c2ccncc2ncn1CO. The summed E-state index contributed by atoms with van der Waals surface area (Å²) in [4.78, 5) is 19.3. The van der Waals surface area contributed by atoms with Gasteiger partial charge in [0.1, 0.15) is 13.1 Å². The zero-order valence-electron chi connectivity index (χ0n) is 6.71. The summed E-state index contributed by atoms with van der Waals surface area (Å²) in [6.07, 6.45) is 4.33. The van der Waals surface area contributed by atoms with Crippen molar-refractivity contribution in [1.29, 1.82) is 0 Å². The number of aromatic nitrogens is 3. The zero-order chi connectivity index (χ0) is 9.26. The van der Waals surface area contributed by atoms with E-state index < -0.39 is 0 Å². The van der Waals surface area contributed by atoms with Gasteiger partial charge in [0.2, 0.25) is 0 Å². The quantitative estimate of drug-likeness (QED) is 0.651. The molecule has 0 bridgehead atoms. The van der Waals surface area contributed by atoms with Crippen molar-refractivity contribution >= 4 is 10.9 Å². The second-order valence-electron chi connectivity index (χ2n) is 2.55. The molecule has 0 fully saturated rings. The van der Waals surface area contributed by atoms with E-state index in [1.165, 1.54) is 18.7 Å². The summed E-state index contributed by atoms with van der Waals surface area (Å²) in [6, 6.07) is 1.58. The molecule has 0 unspecified atom stereocenters. The van der Waals surface area contributed by atoms with Gasteiger partial charge in [-0.25, -0.2) is 4.98 Å². The fraction of sp³-hybridized carbons (Fsp3) is 0.125. The Bertz CT molecular complexity index is 492. The Morgan fingerprint density at radius 1 is 1.54 bits per heavy atom. The molecule has 13 heavy (non-hydrogen) atoms. The van der Waals surface area contributed by atoms with Gasteiger partial charge in [-0.15, -0.1) is 0 Å². The molecule has 0 aliphatic carbocycles. The molecule has 66 valence electrons. The minimum absolute atomic E-state index is 0.255. The highest BCUT2D eigenvalue weighted by atomic mass is 16.3. The van der Waals surface area contributed by atoms with Crippen LogP contribution in [0, 0.1) is 0 Å². The fourth-order valence-electron chi connectivity index (χ4n) is 1.11. The summed E-state index contributed by atoms with van der Waals surface area (Å²) in [5.74, 6) is 0. The van der Waals surface area contributed by atoms with Crippen molar-refractivity contribution in [2.45, 2.75) is 6.73 Å². The molecule has 0 atom stereocenters. The van der Waals surface area contributed by atoms with E-state index >= 15 is 0 Å². The third kappa shape index (κ3) is 1.19. The summed E-state index contributed by atoms with van der Waals surface area (Å²) in [5.41, 5.74) is 0.284. The molecule has 1 N–H and O–H groups in total. The molecule has 0 saturated heterocycles. The molecular formula is C8H7N3O2. The number of hydrogen-bond acceptors (Lipinski definition) is 4. The van der Waals surface area contributed by atoms with Crippen molar-refractivity contribution in [2.75, 3.05) is 0 Å². The molecule has 0 aliphatic heterocycles. The Morgan fingerprint density at radius 3 is 3.15 bits per heavy atom. The summed E-state index contributed by atoms with van der Waals surface area (Å²) in [7, 11) is 0. The molecule has 0 amide bonds. The van der Waals surface area contributed by atoms with Crippen LogP contribution in [-0.2, 0) is 6.73 Å². The van der Waals surface area contributed by atoms with Crippen molar-refractivity contribution in [1.82, 2.24) is 14.5 Å². The normalized spacial score (nSPS) is 10.5. The highest BCUT2D eigenvalue weighted by Crippen LogP contribution is 2.01. The van der Waals surface area contributed by atoms with Crippen LogP contribution in [0.2, 0.25) is 0 Å². The lowest BCUT2D eigenvalue weighted by atomic mass is 10.3. The summed E-state index contributed by atoms with van der Waals surface area (Å²) >= 11 is 0. The van der Waals surface area contributed by atoms with Gasteiger partial charge < -0.3 is 5.11 Å². The molecule has 5 heteroatoms. The topological polar surface area (TPSA) is 68.0 Å². The number of pyridine rings is 1. The molecule has 0 saturated carbocycles. The Morgan fingerprint density at radius 2 is 2.38 bits per heavy atom. The lowest BCUT2D eigenvalue weighted by molar-refractivity contribution is 0.205. The largest absolute Gasteiger partial charge is 0.376 e. The van der Waals surface area contributed by atoms with Gasteiger partial charge in [-0.05, 0) is 6.07 Å². The predicted molar refractivity (Wildman–Crippen MR) is 46.0 cm³/mol. The zero-order valence-corrected chi connectivity index (χ0v) is 6.71. The maximum Gasteiger partial charge on any atom is 0.263 e. The Hall–Kier alpha value is -1.75. The van der Waals surface area contributed by atoms with E-state index in [9.17, 15) is 4.79 Å². The molecule has 0 aliphatic rings. The van der Waals surface area contributed by atoms with Crippen LogP contribution in [0.15, 0.2) is 29.6 Å². The molecule has 0 radical (unpaired) electrons. The second-order valence-corrected chi connectivity index (χ2v) is 2.55. The predicted octanol–water partition coefficient (Wildman–Crippen LogP) is -0.259. The average Bonchev–Trinajstić information content (AvgIpc) is 2.19. The van der Waals surface area contributed by atoms with Crippen LogP contribution in [0.3, 0.4) is 0 Å². The highest BCUT2D eigenvalue weighted by molar-refractivity contribution is 5.75. The lowest BCUT2D eigenvalue weighted by Gasteiger charge is -2.00. The molecule has 2 heterocycles. The Balaban J connectivity index is 2.87. The van der Waals surface area contributed by atoms with Crippen LogP contribution >= 0.6 is 0 Å². The van der Waals surface area contributed by atoms with Crippen LogP contribution in [-0.4, -0.2) is 19.6 Å². The maximum absolute atomic E-state index is 11.5. The van der Waals surface area contributed by atoms with E-state index in [0.717, 1.165) is 4.57 Å². The van der Waals surface area contributed by atoms with Crippen molar-refractivity contribution in [3.63, 3.8) is 0 Å². The van der Waals surface area contributed by atoms with E-state index in [2.05, 4.69) is 9.97 Å². The van der Waals surface area contributed by atoms with Crippen molar-refractivity contribution in [2.24, 2.45) is 0 Å². The van der Waals surface area contributed by atoms with Crippen LogP contribution < -0.4 is 5.56 Å². The molecule has 2 aromatic rings. The maximum atomic E-state index is 11.5. The van der Waals surface area contributed by atoms with Crippen LogP contribution in [0.4, 0.5) is 0 Å². The summed E-state index contributed by atoms with van der Waals surface area (Å²) in [6.45, 7) is -0.357. The van der Waals surface area contributed by atoms with Gasteiger partial charge in [0.05, 0.1) is 17.1 Å². The number of nitrogens with zero attached hydrogens (tertiary/aromatic N) is 3. The lowest BCUT2D eigenvalue weighted by Crippen LogP contribution is -2.20. The first-order valence-electron chi connectivity index (χ1n) is 3.73. The molecule has 0 aromatic carbocycles. The van der Waals surface area contributed by atoms with Gasteiger partial charge in [-0.3, -0.25) is 14.3 Å². The number of fused-ring (bicyclic) bond motifs is 1. The smallest absolute Gasteiger partial charge is 0.263 e. The molecule has 2 aromatic heterocycles. The second kappa shape index (κ2) is 2.95. The minimum Gasteiger partial charge on any atom is -0.376 e. The van der Waals surface area contributed by atoms with Crippen molar-refractivity contribution in [3.8, 4) is 0 Å². The number of rotatable bonds is 1. The number of aliphatic hydroxyl groups is 1. The first-order chi connectivity index (χ1) is 6.33. The van der Waals surface area contributed by atoms with Gasteiger partial charge in [-0.2, -0.15) is 0 Å². The monoisotopic (exact) mass is 177 g/mol. The Labute approximate surface area is 73.3 Å². The standard InChI is InChI=1S/C8H7N3O2/c12-5-11-4-10-7-3-9-2-1-6(7)8(11)13/h1-4,12H,5H2. The van der Waals surface area contributed by atoms with Gasteiger partial charge in [0, 0.05) is 6.20 Å². The summed E-state index contributed by atoms with van der Waals surface area (Å²) < 4.78 is 1.13. The average molecular weight is 177 g/mol. The third-order valence-electron chi connectivity index (χ3n) is 1.78. The fourth-order valence-corrected chi connectivity index (χ4v) is 1.11. The van der Waals surface area contributed by atoms with E-state index in [0.29, 0.717) is 10.9 Å². The first kappa shape index (κ1) is 7.88. The molecule has 2 rings (SSSR count). The van der Waals surface area contributed by atoms with Gasteiger partial charge in [0.25, 0.3) is 5.56 Å². The van der Waals surface area contributed by atoms with E-state index in [-0.39, 0.29) is 12.3 Å². The van der Waals surface area contributed by atoms with Gasteiger partial charge in [0.15, 0.2) is 0 Å². The highest BCUT2D eigenvalue weighted by Gasteiger charge is 2.01. The van der Waals surface area contributed by atoms with Gasteiger partial charge >= 0.3 is 0 Å². The third-order valence-corrected chi connectivity index (χ3v) is 1.78. The molecule has 5 nitrogen and oxygen atoms in total. The van der Waals surface area contributed by atoms with E-state index in [1.807, 2.05) is 0 Å². The Kier molecular flexibility index (Phi) is 1.79. The van der Waals surface area contributed by atoms with E-state index in [1.54, 1.807) is 6.07 Å². The molecular weight excluding hydrogens is 170 g/mol. The van der Waals surface area contributed by atoms with Gasteiger partial charge in [-0.1, -0.05) is 0 Å². The van der Waals surface area contributed by atoms with Crippen LogP contribution in [0.25, 0.3) is 10.9 Å². The number of hydrogen-bond donors (Lipinski definition) is 1. The van der Waals surface area contributed by atoms with Crippen LogP contribution in [0.1, 0.15) is 0 Å². The minimum atomic E-state index is -0.357. The molecule has 0 spiro atoms. The first-order valence-corrected chi connectivity index (χ1v) is 3.73. The van der Waals surface area contributed by atoms with Crippen molar-refractivity contribution in [3.05, 3.63) is 35.1 Å². The van der Waals surface area contributed by atoms with Crippen molar-refractivity contribution < 1.29 is 5.11 Å². The number of aliphatic hydroxyl groups excluding tert-OH is 1. The summed E-state index contributed by atoms with van der Waals surface area (Å²) in [5, 5.41) is 9.25. The van der Waals surface area contributed by atoms with Crippen LogP contribution in [0.5, 0.6) is 0 Å².